The van der Waals surface area contributed by atoms with E-state index >= 15 is 0 Å². The maximum absolute atomic E-state index is 6.32. The Morgan fingerprint density at radius 3 is 2.58 bits per heavy atom. The molecule has 1 fully saturated rings. The second-order valence-electron chi connectivity index (χ2n) is 7.88. The van der Waals surface area contributed by atoms with Crippen molar-refractivity contribution in [1.82, 2.24) is 4.90 Å². The number of likely N-dealkylation sites (tertiary alicyclic amines) is 1. The van der Waals surface area contributed by atoms with Gasteiger partial charge in [0.1, 0.15) is 11.9 Å². The van der Waals surface area contributed by atoms with Gasteiger partial charge in [-0.25, -0.2) is 0 Å². The maximum Gasteiger partial charge on any atom is 0.120 e. The summed E-state index contributed by atoms with van der Waals surface area (Å²) >= 11 is 0. The molecule has 0 aliphatic carbocycles. The summed E-state index contributed by atoms with van der Waals surface area (Å²) in [5.74, 6) is 1.01. The van der Waals surface area contributed by atoms with E-state index in [0.29, 0.717) is 0 Å². The van der Waals surface area contributed by atoms with Crippen molar-refractivity contribution in [2.75, 3.05) is 13.1 Å². The van der Waals surface area contributed by atoms with Crippen molar-refractivity contribution in [1.29, 1.82) is 0 Å². The molecular weight excluding hydrogens is 294 g/mol. The monoisotopic (exact) mass is 323 g/mol. The van der Waals surface area contributed by atoms with Crippen molar-refractivity contribution >= 4 is 0 Å². The molecule has 24 heavy (non-hydrogen) atoms. The van der Waals surface area contributed by atoms with Crippen LogP contribution in [-0.4, -0.2) is 24.1 Å². The molecule has 1 aliphatic rings. The Balaban J connectivity index is 1.61. The van der Waals surface area contributed by atoms with Gasteiger partial charge < -0.3 is 4.74 Å². The predicted molar refractivity (Wildman–Crippen MR) is 101 cm³/mol. The summed E-state index contributed by atoms with van der Waals surface area (Å²) in [7, 11) is 0. The SMILES string of the molecule is CC(C)(C)c1cccc(O[C@@H]2CCCN(Cc3ccccc3)C2)c1. The van der Waals surface area contributed by atoms with Crippen LogP contribution >= 0.6 is 0 Å². The zero-order valence-electron chi connectivity index (χ0n) is 15.2. The highest BCUT2D eigenvalue weighted by atomic mass is 16.5. The quantitative estimate of drug-likeness (QED) is 0.782. The molecule has 0 saturated carbocycles. The lowest BCUT2D eigenvalue weighted by Gasteiger charge is -2.33. The highest BCUT2D eigenvalue weighted by Crippen LogP contribution is 2.27. The summed E-state index contributed by atoms with van der Waals surface area (Å²) in [5.41, 5.74) is 2.87. The van der Waals surface area contributed by atoms with Crippen LogP contribution in [0.5, 0.6) is 5.75 Å². The molecule has 2 aromatic carbocycles. The van der Waals surface area contributed by atoms with Crippen LogP contribution in [0, 0.1) is 0 Å². The van der Waals surface area contributed by atoms with E-state index in [1.807, 2.05) is 0 Å². The van der Waals surface area contributed by atoms with Gasteiger partial charge in [-0.1, -0.05) is 63.2 Å². The van der Waals surface area contributed by atoms with Crippen LogP contribution < -0.4 is 4.74 Å². The Hall–Kier alpha value is -1.80. The fraction of sp³-hybridized carbons (Fsp3) is 0.455. The molecule has 0 spiro atoms. The molecule has 2 heteroatoms. The van der Waals surface area contributed by atoms with Gasteiger partial charge in [-0.15, -0.1) is 0 Å². The van der Waals surface area contributed by atoms with Gasteiger partial charge >= 0.3 is 0 Å². The molecule has 1 heterocycles. The van der Waals surface area contributed by atoms with Gasteiger partial charge in [0.2, 0.25) is 0 Å². The van der Waals surface area contributed by atoms with Gasteiger partial charge in [0.25, 0.3) is 0 Å². The Morgan fingerprint density at radius 2 is 1.83 bits per heavy atom. The average Bonchev–Trinajstić information content (AvgIpc) is 2.56. The van der Waals surface area contributed by atoms with Gasteiger partial charge in [0, 0.05) is 13.1 Å². The lowest BCUT2D eigenvalue weighted by molar-refractivity contribution is 0.0842. The molecule has 2 aromatic rings. The first-order valence-electron chi connectivity index (χ1n) is 9.04. The Morgan fingerprint density at radius 1 is 1.04 bits per heavy atom. The molecule has 0 radical (unpaired) electrons. The third-order valence-electron chi connectivity index (χ3n) is 4.71. The van der Waals surface area contributed by atoms with Gasteiger partial charge in [0.15, 0.2) is 0 Å². The molecule has 1 aliphatic heterocycles. The number of hydrogen-bond acceptors (Lipinski definition) is 2. The molecule has 0 N–H and O–H groups in total. The molecule has 2 nitrogen and oxygen atoms in total. The van der Waals surface area contributed by atoms with E-state index in [0.717, 1.165) is 31.8 Å². The Labute approximate surface area is 146 Å². The minimum Gasteiger partial charge on any atom is -0.489 e. The van der Waals surface area contributed by atoms with Crippen LogP contribution in [0.25, 0.3) is 0 Å². The van der Waals surface area contributed by atoms with Crippen molar-refractivity contribution < 1.29 is 4.74 Å². The maximum atomic E-state index is 6.32. The first-order chi connectivity index (χ1) is 11.5. The van der Waals surface area contributed by atoms with Crippen molar-refractivity contribution in [2.24, 2.45) is 0 Å². The first-order valence-corrected chi connectivity index (χ1v) is 9.04. The lowest BCUT2D eigenvalue weighted by Crippen LogP contribution is -2.40. The number of benzene rings is 2. The van der Waals surface area contributed by atoms with Crippen LogP contribution in [0.4, 0.5) is 0 Å². The summed E-state index contributed by atoms with van der Waals surface area (Å²) < 4.78 is 6.32. The molecule has 0 bridgehead atoms. The molecule has 0 amide bonds. The molecule has 0 aromatic heterocycles. The number of rotatable bonds is 4. The van der Waals surface area contributed by atoms with Gasteiger partial charge in [-0.2, -0.15) is 0 Å². The van der Waals surface area contributed by atoms with Crippen molar-refractivity contribution in [3.63, 3.8) is 0 Å². The second kappa shape index (κ2) is 7.40. The van der Waals surface area contributed by atoms with Crippen LogP contribution in [0.1, 0.15) is 44.7 Å². The number of piperidine rings is 1. The normalized spacial score (nSPS) is 19.2. The van der Waals surface area contributed by atoms with Crippen LogP contribution in [0.15, 0.2) is 54.6 Å². The molecule has 0 unspecified atom stereocenters. The Kier molecular flexibility index (Phi) is 5.25. The fourth-order valence-electron chi connectivity index (χ4n) is 3.32. The largest absolute Gasteiger partial charge is 0.489 e. The van der Waals surface area contributed by atoms with Crippen LogP contribution in [0.2, 0.25) is 0 Å². The molecule has 3 rings (SSSR count). The minimum absolute atomic E-state index is 0.158. The van der Waals surface area contributed by atoms with Crippen LogP contribution in [0.3, 0.4) is 0 Å². The topological polar surface area (TPSA) is 12.5 Å². The molecule has 128 valence electrons. The van der Waals surface area contributed by atoms with E-state index in [4.69, 9.17) is 4.74 Å². The minimum atomic E-state index is 0.158. The van der Waals surface area contributed by atoms with Gasteiger partial charge in [0.05, 0.1) is 0 Å². The summed E-state index contributed by atoms with van der Waals surface area (Å²) in [6.45, 7) is 9.92. The number of hydrogen-bond donors (Lipinski definition) is 0. The van der Waals surface area contributed by atoms with Gasteiger partial charge in [-0.3, -0.25) is 4.90 Å². The van der Waals surface area contributed by atoms with E-state index in [1.54, 1.807) is 0 Å². The summed E-state index contributed by atoms with van der Waals surface area (Å²) in [6, 6.07) is 19.3. The Bertz CT molecular complexity index is 645. The smallest absolute Gasteiger partial charge is 0.120 e. The van der Waals surface area contributed by atoms with E-state index in [-0.39, 0.29) is 11.5 Å². The van der Waals surface area contributed by atoms with Crippen molar-refractivity contribution in [3.8, 4) is 5.75 Å². The van der Waals surface area contributed by atoms with E-state index < -0.39 is 0 Å². The highest BCUT2D eigenvalue weighted by Gasteiger charge is 2.22. The van der Waals surface area contributed by atoms with Crippen LogP contribution in [-0.2, 0) is 12.0 Å². The summed E-state index contributed by atoms with van der Waals surface area (Å²) in [4.78, 5) is 2.51. The number of nitrogens with zero attached hydrogens (tertiary/aromatic N) is 1. The first kappa shape index (κ1) is 17.0. The average molecular weight is 323 g/mol. The standard InChI is InChI=1S/C22H29NO/c1-22(2,3)19-11-7-12-20(15-19)24-21-13-8-14-23(17-21)16-18-9-5-4-6-10-18/h4-7,9-12,15,21H,8,13-14,16-17H2,1-3H3/t21-/m1/s1. The van der Waals surface area contributed by atoms with E-state index in [2.05, 4.69) is 80.3 Å². The zero-order valence-corrected chi connectivity index (χ0v) is 15.2. The second-order valence-corrected chi connectivity index (χ2v) is 7.88. The molecule has 1 saturated heterocycles. The van der Waals surface area contributed by atoms with Crippen molar-refractivity contribution in [2.45, 2.75) is 51.7 Å². The molecular formula is C22H29NO. The predicted octanol–water partition coefficient (Wildman–Crippen LogP) is 5.03. The van der Waals surface area contributed by atoms with Crippen molar-refractivity contribution in [3.05, 3.63) is 65.7 Å². The van der Waals surface area contributed by atoms with E-state index in [9.17, 15) is 0 Å². The van der Waals surface area contributed by atoms with Gasteiger partial charge in [-0.05, 0) is 48.1 Å². The summed E-state index contributed by atoms with van der Waals surface area (Å²) in [5, 5.41) is 0. The zero-order chi connectivity index (χ0) is 17.0. The lowest BCUT2D eigenvalue weighted by atomic mass is 9.87. The third kappa shape index (κ3) is 4.61. The summed E-state index contributed by atoms with van der Waals surface area (Å²) in [6.07, 6.45) is 2.64. The molecule has 1 atom stereocenters. The fourth-order valence-corrected chi connectivity index (χ4v) is 3.32. The third-order valence-corrected chi connectivity index (χ3v) is 4.71. The van der Waals surface area contributed by atoms with E-state index in [1.165, 1.54) is 17.5 Å². The number of ether oxygens (including phenoxy) is 1. The highest BCUT2D eigenvalue weighted by molar-refractivity contribution is 5.32.